The molecule has 84 valence electrons. The minimum atomic E-state index is -0.291. The molecule has 0 atom stereocenters. The Morgan fingerprint density at radius 1 is 1.38 bits per heavy atom. The molecule has 3 nitrogen and oxygen atoms in total. The maximum atomic E-state index is 11.6. The highest BCUT2D eigenvalue weighted by Gasteiger charge is 2.11. The van der Waals surface area contributed by atoms with E-state index in [1.165, 1.54) is 5.56 Å². The molecule has 16 heavy (non-hydrogen) atoms. The van der Waals surface area contributed by atoms with Gasteiger partial charge in [0.2, 0.25) is 0 Å². The van der Waals surface area contributed by atoms with Gasteiger partial charge in [-0.15, -0.1) is 0 Å². The Morgan fingerprint density at radius 3 is 2.88 bits per heavy atom. The van der Waals surface area contributed by atoms with Crippen LogP contribution in [0.5, 0.6) is 0 Å². The van der Waals surface area contributed by atoms with E-state index >= 15 is 0 Å². The van der Waals surface area contributed by atoms with Crippen LogP contribution in [0, 0.1) is 0 Å². The van der Waals surface area contributed by atoms with Gasteiger partial charge in [0, 0.05) is 10.9 Å². The molecule has 1 aromatic heterocycles. The van der Waals surface area contributed by atoms with Gasteiger partial charge in [-0.1, -0.05) is 25.1 Å². The molecule has 0 spiro atoms. The predicted octanol–water partition coefficient (Wildman–Crippen LogP) is 2.91. The van der Waals surface area contributed by atoms with Gasteiger partial charge >= 0.3 is 5.97 Å². The monoisotopic (exact) mass is 217 g/mol. The number of hydrogen-bond donors (Lipinski definition) is 1. The van der Waals surface area contributed by atoms with E-state index in [1.54, 1.807) is 6.92 Å². The van der Waals surface area contributed by atoms with Crippen molar-refractivity contribution in [2.24, 2.45) is 0 Å². The number of aromatic amines is 1. The fraction of sp³-hybridized carbons (Fsp3) is 0.308. The summed E-state index contributed by atoms with van der Waals surface area (Å²) in [6.45, 7) is 4.30. The van der Waals surface area contributed by atoms with E-state index in [0.29, 0.717) is 12.3 Å². The molecule has 0 aliphatic rings. The van der Waals surface area contributed by atoms with E-state index in [2.05, 4.69) is 18.0 Å². The first-order valence-corrected chi connectivity index (χ1v) is 5.54. The minimum Gasteiger partial charge on any atom is -0.461 e. The van der Waals surface area contributed by atoms with Crippen molar-refractivity contribution >= 4 is 16.9 Å². The summed E-state index contributed by atoms with van der Waals surface area (Å²) in [6, 6.07) is 7.90. The van der Waals surface area contributed by atoms with Crippen LogP contribution in [0.15, 0.2) is 24.3 Å². The number of ether oxygens (including phenoxy) is 1. The number of rotatable bonds is 3. The quantitative estimate of drug-likeness (QED) is 0.803. The van der Waals surface area contributed by atoms with Gasteiger partial charge in [0.15, 0.2) is 0 Å². The fourth-order valence-electron chi connectivity index (χ4n) is 1.83. The second kappa shape index (κ2) is 4.39. The van der Waals surface area contributed by atoms with Crippen molar-refractivity contribution in [1.29, 1.82) is 0 Å². The van der Waals surface area contributed by atoms with E-state index in [-0.39, 0.29) is 5.97 Å². The standard InChI is InChI=1S/C13H15NO2/c1-3-9-6-5-7-10-8-11(14-12(9)10)13(15)16-4-2/h5-8,14H,3-4H2,1-2H3. The smallest absolute Gasteiger partial charge is 0.354 e. The molecule has 1 heterocycles. The number of fused-ring (bicyclic) bond motifs is 1. The Kier molecular flexibility index (Phi) is 2.95. The fourth-order valence-corrected chi connectivity index (χ4v) is 1.83. The van der Waals surface area contributed by atoms with E-state index in [0.717, 1.165) is 17.3 Å². The average Bonchev–Trinajstić information content (AvgIpc) is 2.72. The third-order valence-electron chi connectivity index (χ3n) is 2.62. The van der Waals surface area contributed by atoms with Gasteiger partial charge in [0.25, 0.3) is 0 Å². The molecule has 2 aromatic rings. The van der Waals surface area contributed by atoms with Crippen LogP contribution >= 0.6 is 0 Å². The molecule has 2 rings (SSSR count). The molecule has 0 unspecified atom stereocenters. The number of benzene rings is 1. The number of carbonyl (C=O) groups excluding carboxylic acids is 1. The number of hydrogen-bond acceptors (Lipinski definition) is 2. The average molecular weight is 217 g/mol. The first kappa shape index (κ1) is 10.7. The number of esters is 1. The van der Waals surface area contributed by atoms with Crippen molar-refractivity contribution in [1.82, 2.24) is 4.98 Å². The van der Waals surface area contributed by atoms with Gasteiger partial charge in [-0.25, -0.2) is 4.79 Å². The molecule has 1 aromatic carbocycles. The lowest BCUT2D eigenvalue weighted by Gasteiger charge is -1.98. The van der Waals surface area contributed by atoms with E-state index < -0.39 is 0 Å². The van der Waals surface area contributed by atoms with Crippen molar-refractivity contribution < 1.29 is 9.53 Å². The van der Waals surface area contributed by atoms with Crippen LogP contribution in [0.2, 0.25) is 0 Å². The summed E-state index contributed by atoms with van der Waals surface area (Å²) in [5.41, 5.74) is 2.78. The SMILES string of the molecule is CCOC(=O)c1cc2cccc(CC)c2[nH]1. The molecule has 0 radical (unpaired) electrons. The zero-order valence-electron chi connectivity index (χ0n) is 9.54. The highest BCUT2D eigenvalue weighted by atomic mass is 16.5. The number of para-hydroxylation sites is 1. The molecule has 0 fully saturated rings. The number of carbonyl (C=O) groups is 1. The predicted molar refractivity (Wildman–Crippen MR) is 63.6 cm³/mol. The first-order valence-electron chi connectivity index (χ1n) is 5.54. The minimum absolute atomic E-state index is 0.291. The molecule has 0 saturated heterocycles. The second-order valence-corrected chi connectivity index (χ2v) is 3.64. The summed E-state index contributed by atoms with van der Waals surface area (Å²) < 4.78 is 4.96. The third-order valence-corrected chi connectivity index (χ3v) is 2.62. The largest absolute Gasteiger partial charge is 0.461 e. The topological polar surface area (TPSA) is 42.1 Å². The Balaban J connectivity index is 2.47. The molecule has 0 saturated carbocycles. The number of H-pyrrole nitrogens is 1. The lowest BCUT2D eigenvalue weighted by atomic mass is 10.1. The molecular weight excluding hydrogens is 202 g/mol. The Labute approximate surface area is 94.4 Å². The van der Waals surface area contributed by atoms with Crippen LogP contribution < -0.4 is 0 Å². The Hall–Kier alpha value is -1.77. The molecule has 0 aliphatic carbocycles. The normalized spacial score (nSPS) is 10.6. The van der Waals surface area contributed by atoms with Crippen LogP contribution in [0.4, 0.5) is 0 Å². The van der Waals surface area contributed by atoms with Crippen LogP contribution in [-0.4, -0.2) is 17.6 Å². The zero-order valence-corrected chi connectivity index (χ0v) is 9.54. The van der Waals surface area contributed by atoms with Gasteiger partial charge in [-0.2, -0.15) is 0 Å². The number of nitrogens with one attached hydrogen (secondary N) is 1. The summed E-state index contributed by atoms with van der Waals surface area (Å²) in [5.74, 6) is -0.291. The van der Waals surface area contributed by atoms with Crippen molar-refractivity contribution in [3.63, 3.8) is 0 Å². The lowest BCUT2D eigenvalue weighted by Crippen LogP contribution is -2.04. The second-order valence-electron chi connectivity index (χ2n) is 3.64. The zero-order chi connectivity index (χ0) is 11.5. The van der Waals surface area contributed by atoms with E-state index in [4.69, 9.17) is 4.74 Å². The van der Waals surface area contributed by atoms with Crippen LogP contribution in [0.1, 0.15) is 29.9 Å². The Morgan fingerprint density at radius 2 is 2.19 bits per heavy atom. The van der Waals surface area contributed by atoms with E-state index in [1.807, 2.05) is 18.2 Å². The molecule has 0 bridgehead atoms. The maximum Gasteiger partial charge on any atom is 0.354 e. The van der Waals surface area contributed by atoms with Gasteiger partial charge in [0.1, 0.15) is 5.69 Å². The van der Waals surface area contributed by atoms with Crippen molar-refractivity contribution in [3.8, 4) is 0 Å². The van der Waals surface area contributed by atoms with Crippen LogP contribution in [-0.2, 0) is 11.2 Å². The highest BCUT2D eigenvalue weighted by molar-refractivity contribution is 5.95. The van der Waals surface area contributed by atoms with Crippen LogP contribution in [0.3, 0.4) is 0 Å². The summed E-state index contributed by atoms with van der Waals surface area (Å²) >= 11 is 0. The van der Waals surface area contributed by atoms with Gasteiger partial charge in [-0.05, 0) is 25.0 Å². The van der Waals surface area contributed by atoms with Crippen molar-refractivity contribution in [2.75, 3.05) is 6.61 Å². The van der Waals surface area contributed by atoms with Crippen LogP contribution in [0.25, 0.3) is 10.9 Å². The molecule has 3 heteroatoms. The Bertz CT molecular complexity index is 514. The first-order chi connectivity index (χ1) is 7.76. The van der Waals surface area contributed by atoms with Gasteiger partial charge in [-0.3, -0.25) is 0 Å². The van der Waals surface area contributed by atoms with Crippen molar-refractivity contribution in [2.45, 2.75) is 20.3 Å². The van der Waals surface area contributed by atoms with E-state index in [9.17, 15) is 4.79 Å². The molecule has 1 N–H and O–H groups in total. The highest BCUT2D eigenvalue weighted by Crippen LogP contribution is 2.20. The number of aryl methyl sites for hydroxylation is 1. The third kappa shape index (κ3) is 1.81. The van der Waals surface area contributed by atoms with Gasteiger partial charge in [0.05, 0.1) is 6.61 Å². The summed E-state index contributed by atoms with van der Waals surface area (Å²) in [7, 11) is 0. The summed E-state index contributed by atoms with van der Waals surface area (Å²) in [5, 5.41) is 1.06. The molecule has 0 aliphatic heterocycles. The van der Waals surface area contributed by atoms with Gasteiger partial charge < -0.3 is 9.72 Å². The maximum absolute atomic E-state index is 11.6. The molecular formula is C13H15NO2. The lowest BCUT2D eigenvalue weighted by molar-refractivity contribution is 0.0520. The van der Waals surface area contributed by atoms with Crippen molar-refractivity contribution in [3.05, 3.63) is 35.5 Å². The summed E-state index contributed by atoms with van der Waals surface area (Å²) in [4.78, 5) is 14.7. The summed E-state index contributed by atoms with van der Waals surface area (Å²) in [6.07, 6.45) is 0.945. The molecule has 0 amide bonds. The number of aromatic nitrogens is 1.